The largest absolute Gasteiger partial charge is 0.394 e. The van der Waals surface area contributed by atoms with E-state index >= 15 is 0 Å². The number of likely N-dealkylation sites (N-methyl/N-ethyl adjacent to an activating group) is 1. The minimum absolute atomic E-state index is 0.0940. The standard InChI is InChI=1S/C22H37N5O3/c1-15(2)27(3)19(14-28)22(30)26-18(11-16-7-5-4-6-8-16)21(29)25-13-17-9-10-20(23)24-12-17/h9-10,12,15-16,18-19,28H,4-8,11,13-14H2,1-3H3,(H2,23,24)(H,25,29)(H,26,30)/t18-,19?/m0/s1. The Morgan fingerprint density at radius 2 is 1.93 bits per heavy atom. The SMILES string of the molecule is CC(C)N(C)C(CO)C(=O)N[C@@H](CC1CCCCC1)C(=O)NCc1ccc(N)nc1. The van der Waals surface area contributed by atoms with Gasteiger partial charge in [-0.15, -0.1) is 0 Å². The predicted octanol–water partition coefficient (Wildman–Crippen LogP) is 1.44. The molecule has 1 fully saturated rings. The van der Waals surface area contributed by atoms with Crippen molar-refractivity contribution in [2.24, 2.45) is 5.92 Å². The van der Waals surface area contributed by atoms with E-state index in [0.29, 0.717) is 24.7 Å². The summed E-state index contributed by atoms with van der Waals surface area (Å²) in [6, 6.07) is 2.29. The first-order valence-corrected chi connectivity index (χ1v) is 10.9. The maximum absolute atomic E-state index is 13.0. The highest BCUT2D eigenvalue weighted by Gasteiger charge is 2.30. The normalized spacial score (nSPS) is 17.0. The third-order valence-corrected chi connectivity index (χ3v) is 6.02. The number of nitrogen functional groups attached to an aromatic ring is 1. The van der Waals surface area contributed by atoms with E-state index in [9.17, 15) is 14.7 Å². The van der Waals surface area contributed by atoms with Crippen LogP contribution in [0.5, 0.6) is 0 Å². The molecule has 1 heterocycles. The van der Waals surface area contributed by atoms with E-state index in [4.69, 9.17) is 5.73 Å². The van der Waals surface area contributed by atoms with Crippen molar-refractivity contribution < 1.29 is 14.7 Å². The van der Waals surface area contributed by atoms with Crippen LogP contribution in [0.3, 0.4) is 0 Å². The summed E-state index contributed by atoms with van der Waals surface area (Å²) in [5, 5.41) is 15.6. The van der Waals surface area contributed by atoms with Crippen LogP contribution in [0.2, 0.25) is 0 Å². The fourth-order valence-electron chi connectivity index (χ4n) is 3.87. The number of aliphatic hydroxyl groups is 1. The molecular weight excluding hydrogens is 382 g/mol. The molecule has 8 heteroatoms. The van der Waals surface area contributed by atoms with Crippen LogP contribution in [0.25, 0.3) is 0 Å². The summed E-state index contributed by atoms with van der Waals surface area (Å²) in [6.07, 6.45) is 7.97. The van der Waals surface area contributed by atoms with E-state index in [2.05, 4.69) is 15.6 Å². The first kappa shape index (κ1) is 24.1. The summed E-state index contributed by atoms with van der Waals surface area (Å²) in [4.78, 5) is 31.7. The van der Waals surface area contributed by atoms with Crippen molar-refractivity contribution in [1.29, 1.82) is 0 Å². The molecule has 1 aromatic heterocycles. The summed E-state index contributed by atoms with van der Waals surface area (Å²) in [6.45, 7) is 3.94. The highest BCUT2D eigenvalue weighted by Crippen LogP contribution is 2.27. The highest BCUT2D eigenvalue weighted by molar-refractivity contribution is 5.89. The van der Waals surface area contributed by atoms with Gasteiger partial charge in [0.25, 0.3) is 0 Å². The fourth-order valence-corrected chi connectivity index (χ4v) is 3.87. The zero-order valence-electron chi connectivity index (χ0n) is 18.4. The molecule has 8 nitrogen and oxygen atoms in total. The Morgan fingerprint density at radius 1 is 1.23 bits per heavy atom. The molecule has 1 aromatic rings. The average molecular weight is 420 g/mol. The van der Waals surface area contributed by atoms with Gasteiger partial charge < -0.3 is 21.5 Å². The van der Waals surface area contributed by atoms with Crippen molar-refractivity contribution in [2.75, 3.05) is 19.4 Å². The monoisotopic (exact) mass is 419 g/mol. The first-order chi connectivity index (χ1) is 14.3. The number of aliphatic hydroxyl groups excluding tert-OH is 1. The lowest BCUT2D eigenvalue weighted by molar-refractivity contribution is -0.133. The number of hydrogen-bond acceptors (Lipinski definition) is 6. The van der Waals surface area contributed by atoms with Crippen molar-refractivity contribution in [3.8, 4) is 0 Å². The summed E-state index contributed by atoms with van der Waals surface area (Å²) in [5.41, 5.74) is 6.45. The molecule has 0 aliphatic heterocycles. The minimum atomic E-state index is -0.687. The van der Waals surface area contributed by atoms with Gasteiger partial charge in [-0.3, -0.25) is 14.5 Å². The van der Waals surface area contributed by atoms with Gasteiger partial charge in [0, 0.05) is 18.8 Å². The molecule has 0 spiro atoms. The van der Waals surface area contributed by atoms with Gasteiger partial charge >= 0.3 is 0 Å². The van der Waals surface area contributed by atoms with Gasteiger partial charge in [-0.25, -0.2) is 4.98 Å². The Kier molecular flexibility index (Phi) is 9.52. The lowest BCUT2D eigenvalue weighted by atomic mass is 9.84. The molecule has 168 valence electrons. The lowest BCUT2D eigenvalue weighted by Gasteiger charge is -2.31. The van der Waals surface area contributed by atoms with Gasteiger partial charge in [0.15, 0.2) is 0 Å². The fraction of sp³-hybridized carbons (Fsp3) is 0.682. The van der Waals surface area contributed by atoms with Crippen molar-refractivity contribution in [3.05, 3.63) is 23.9 Å². The summed E-state index contributed by atoms with van der Waals surface area (Å²) in [7, 11) is 1.80. The number of nitrogens with zero attached hydrogens (tertiary/aromatic N) is 2. The summed E-state index contributed by atoms with van der Waals surface area (Å²) < 4.78 is 0. The zero-order chi connectivity index (χ0) is 22.1. The van der Waals surface area contributed by atoms with Crippen molar-refractivity contribution >= 4 is 17.6 Å². The van der Waals surface area contributed by atoms with Crippen LogP contribution < -0.4 is 16.4 Å². The molecule has 1 unspecified atom stereocenters. The molecule has 0 saturated heterocycles. The number of amides is 2. The van der Waals surface area contributed by atoms with Gasteiger partial charge in [-0.05, 0) is 44.9 Å². The molecule has 0 aromatic carbocycles. The van der Waals surface area contributed by atoms with Crippen LogP contribution >= 0.6 is 0 Å². The van der Waals surface area contributed by atoms with Crippen molar-refractivity contribution in [2.45, 2.75) is 77.0 Å². The van der Waals surface area contributed by atoms with Crippen LogP contribution in [0.15, 0.2) is 18.3 Å². The van der Waals surface area contributed by atoms with E-state index in [1.54, 1.807) is 19.3 Å². The zero-order valence-corrected chi connectivity index (χ0v) is 18.4. The Bertz CT molecular complexity index is 674. The number of carbonyl (C=O) groups excluding carboxylic acids is 2. The number of carbonyl (C=O) groups is 2. The average Bonchev–Trinajstić information content (AvgIpc) is 2.73. The van der Waals surface area contributed by atoms with E-state index < -0.39 is 12.1 Å². The first-order valence-electron chi connectivity index (χ1n) is 10.9. The molecule has 5 N–H and O–H groups in total. The molecule has 0 radical (unpaired) electrons. The van der Waals surface area contributed by atoms with Gasteiger partial charge in [-0.2, -0.15) is 0 Å². The van der Waals surface area contributed by atoms with Crippen LogP contribution in [-0.4, -0.2) is 58.6 Å². The van der Waals surface area contributed by atoms with E-state index in [1.165, 1.54) is 19.3 Å². The molecule has 0 bridgehead atoms. The molecule has 2 amide bonds. The number of aromatic nitrogens is 1. The maximum Gasteiger partial charge on any atom is 0.242 e. The number of anilines is 1. The van der Waals surface area contributed by atoms with Crippen LogP contribution in [0.1, 0.15) is 57.9 Å². The quantitative estimate of drug-likeness (QED) is 0.455. The Balaban J connectivity index is 2.05. The second-order valence-corrected chi connectivity index (χ2v) is 8.57. The number of nitrogens with one attached hydrogen (secondary N) is 2. The van der Waals surface area contributed by atoms with Gasteiger partial charge in [0.1, 0.15) is 17.9 Å². The van der Waals surface area contributed by atoms with E-state index in [0.717, 1.165) is 18.4 Å². The van der Waals surface area contributed by atoms with E-state index in [1.807, 2.05) is 24.8 Å². The third-order valence-electron chi connectivity index (χ3n) is 6.02. The van der Waals surface area contributed by atoms with Crippen LogP contribution in [0, 0.1) is 5.92 Å². The van der Waals surface area contributed by atoms with Crippen LogP contribution in [-0.2, 0) is 16.1 Å². The second kappa shape index (κ2) is 11.9. The number of nitrogens with two attached hydrogens (primary N) is 1. The predicted molar refractivity (Wildman–Crippen MR) is 117 cm³/mol. The van der Waals surface area contributed by atoms with Gasteiger partial charge in [0.2, 0.25) is 11.8 Å². The molecule has 1 aliphatic rings. The second-order valence-electron chi connectivity index (χ2n) is 8.57. The van der Waals surface area contributed by atoms with Gasteiger partial charge in [0.05, 0.1) is 6.61 Å². The topological polar surface area (TPSA) is 121 Å². The molecule has 2 atom stereocenters. The number of hydrogen-bond donors (Lipinski definition) is 4. The molecule has 1 aliphatic carbocycles. The number of rotatable bonds is 10. The van der Waals surface area contributed by atoms with Gasteiger partial charge in [-0.1, -0.05) is 38.2 Å². The highest BCUT2D eigenvalue weighted by atomic mass is 16.3. The third kappa shape index (κ3) is 7.25. The summed E-state index contributed by atoms with van der Waals surface area (Å²) >= 11 is 0. The molecule has 2 rings (SSSR count). The lowest BCUT2D eigenvalue weighted by Crippen LogP contribution is -2.55. The number of pyridine rings is 1. The van der Waals surface area contributed by atoms with E-state index in [-0.39, 0.29) is 24.5 Å². The Labute approximate surface area is 179 Å². The Hall–Kier alpha value is -2.19. The molecule has 1 saturated carbocycles. The molecule has 30 heavy (non-hydrogen) atoms. The van der Waals surface area contributed by atoms with Crippen molar-refractivity contribution in [1.82, 2.24) is 20.5 Å². The van der Waals surface area contributed by atoms with Crippen molar-refractivity contribution in [3.63, 3.8) is 0 Å². The summed E-state index contributed by atoms with van der Waals surface area (Å²) in [5.74, 6) is 0.314. The van der Waals surface area contributed by atoms with Crippen LogP contribution in [0.4, 0.5) is 5.82 Å². The molecular formula is C22H37N5O3. The Morgan fingerprint density at radius 3 is 2.50 bits per heavy atom. The smallest absolute Gasteiger partial charge is 0.242 e. The maximum atomic E-state index is 13.0. The minimum Gasteiger partial charge on any atom is -0.394 e.